The van der Waals surface area contributed by atoms with E-state index in [2.05, 4.69) is 15.6 Å². The normalized spacial score (nSPS) is 18.4. The van der Waals surface area contributed by atoms with E-state index in [0.29, 0.717) is 25.7 Å². The number of aliphatic carboxylic acids is 2. The number of carbonyl (C=O) groups is 5. The van der Waals surface area contributed by atoms with Crippen molar-refractivity contribution in [2.24, 2.45) is 28.1 Å². The standard InChI is InChI=1S/C22H39N7O7/c1-3-12(2)17(20(34)29-11-5-7-15(29)21(35)36)28-19(33)14(6-4-10-26-22(24)25)27-18(32)13(23)8-9-16(30)31/h12-15,17H,3-11,23H2,1-2H3,(H,27,32)(H,28,33)(H,30,31)(H,35,36)(H4,24,25,26). The fourth-order valence-electron chi connectivity index (χ4n) is 3.86. The summed E-state index contributed by atoms with van der Waals surface area (Å²) in [5, 5.41) is 23.5. The van der Waals surface area contributed by atoms with Crippen molar-refractivity contribution in [3.05, 3.63) is 0 Å². The summed E-state index contributed by atoms with van der Waals surface area (Å²) in [6.45, 7) is 4.07. The minimum atomic E-state index is -1.15. The largest absolute Gasteiger partial charge is 0.481 e. The maximum absolute atomic E-state index is 13.3. The van der Waals surface area contributed by atoms with Crippen molar-refractivity contribution in [3.63, 3.8) is 0 Å². The van der Waals surface area contributed by atoms with Gasteiger partial charge >= 0.3 is 11.9 Å². The Labute approximate surface area is 210 Å². The summed E-state index contributed by atoms with van der Waals surface area (Å²) in [6.07, 6.45) is 1.40. The van der Waals surface area contributed by atoms with Gasteiger partial charge in [0.05, 0.1) is 6.04 Å². The number of carboxylic acids is 2. The minimum absolute atomic E-state index is 0.114. The van der Waals surface area contributed by atoms with Gasteiger partial charge in [-0.2, -0.15) is 0 Å². The molecule has 0 bridgehead atoms. The van der Waals surface area contributed by atoms with E-state index in [4.69, 9.17) is 22.3 Å². The number of nitrogens with two attached hydrogens (primary N) is 3. The molecule has 1 rings (SSSR count). The Balaban J connectivity index is 3.04. The summed E-state index contributed by atoms with van der Waals surface area (Å²) in [5.74, 6) is -4.51. The van der Waals surface area contributed by atoms with Crippen molar-refractivity contribution >= 4 is 35.6 Å². The number of likely N-dealkylation sites (tertiary alicyclic amines) is 1. The first-order chi connectivity index (χ1) is 16.9. The van der Waals surface area contributed by atoms with Crippen LogP contribution in [0.5, 0.6) is 0 Å². The molecule has 1 saturated heterocycles. The highest BCUT2D eigenvalue weighted by molar-refractivity contribution is 5.94. The van der Waals surface area contributed by atoms with E-state index in [-0.39, 0.29) is 44.2 Å². The monoisotopic (exact) mass is 513 g/mol. The molecule has 1 aliphatic heterocycles. The van der Waals surface area contributed by atoms with Crippen molar-refractivity contribution in [1.29, 1.82) is 0 Å². The number of amides is 3. The summed E-state index contributed by atoms with van der Waals surface area (Å²) < 4.78 is 0. The first-order valence-electron chi connectivity index (χ1n) is 12.1. The number of hydrogen-bond donors (Lipinski definition) is 7. The van der Waals surface area contributed by atoms with Crippen LogP contribution >= 0.6 is 0 Å². The van der Waals surface area contributed by atoms with E-state index in [1.54, 1.807) is 6.92 Å². The number of nitrogens with one attached hydrogen (secondary N) is 2. The second-order valence-corrected chi connectivity index (χ2v) is 8.95. The number of nitrogens with zero attached hydrogens (tertiary/aromatic N) is 2. The van der Waals surface area contributed by atoms with Crippen LogP contribution in [0.4, 0.5) is 0 Å². The molecule has 0 aromatic rings. The zero-order valence-corrected chi connectivity index (χ0v) is 20.8. The Bertz CT molecular complexity index is 832. The van der Waals surface area contributed by atoms with E-state index in [1.807, 2.05) is 6.92 Å². The molecule has 14 heteroatoms. The quantitative estimate of drug-likeness (QED) is 0.0744. The van der Waals surface area contributed by atoms with Crippen LogP contribution in [0.1, 0.15) is 58.8 Å². The van der Waals surface area contributed by atoms with Crippen molar-refractivity contribution < 1.29 is 34.2 Å². The zero-order valence-electron chi connectivity index (χ0n) is 20.8. The molecule has 0 aromatic heterocycles. The second-order valence-electron chi connectivity index (χ2n) is 8.95. The molecule has 5 atom stereocenters. The fourth-order valence-corrected chi connectivity index (χ4v) is 3.86. The van der Waals surface area contributed by atoms with Crippen LogP contribution in [-0.2, 0) is 24.0 Å². The number of guanidine groups is 1. The van der Waals surface area contributed by atoms with Crippen LogP contribution in [0.3, 0.4) is 0 Å². The molecule has 0 aliphatic carbocycles. The molecule has 0 radical (unpaired) electrons. The highest BCUT2D eigenvalue weighted by Crippen LogP contribution is 2.21. The molecule has 14 nitrogen and oxygen atoms in total. The summed E-state index contributed by atoms with van der Waals surface area (Å²) in [4.78, 5) is 66.5. The van der Waals surface area contributed by atoms with Crippen molar-refractivity contribution in [2.45, 2.75) is 83.0 Å². The van der Waals surface area contributed by atoms with Crippen molar-refractivity contribution in [3.8, 4) is 0 Å². The van der Waals surface area contributed by atoms with Crippen LogP contribution in [0, 0.1) is 5.92 Å². The maximum Gasteiger partial charge on any atom is 0.326 e. The zero-order chi connectivity index (χ0) is 27.4. The molecule has 0 spiro atoms. The number of carbonyl (C=O) groups excluding carboxylic acids is 3. The number of rotatable bonds is 15. The third kappa shape index (κ3) is 9.68. The van der Waals surface area contributed by atoms with Gasteiger partial charge in [0.15, 0.2) is 5.96 Å². The van der Waals surface area contributed by atoms with E-state index in [1.165, 1.54) is 4.90 Å². The van der Waals surface area contributed by atoms with E-state index in [9.17, 15) is 29.1 Å². The first kappa shape index (κ1) is 30.6. The van der Waals surface area contributed by atoms with Gasteiger partial charge in [0, 0.05) is 19.5 Å². The number of hydrogen-bond acceptors (Lipinski definition) is 7. The van der Waals surface area contributed by atoms with Gasteiger partial charge in [0.1, 0.15) is 18.1 Å². The van der Waals surface area contributed by atoms with E-state index >= 15 is 0 Å². The smallest absolute Gasteiger partial charge is 0.326 e. The Hall–Kier alpha value is -3.42. The van der Waals surface area contributed by atoms with Gasteiger partial charge in [-0.05, 0) is 38.0 Å². The van der Waals surface area contributed by atoms with Gasteiger partial charge < -0.3 is 42.9 Å². The maximum atomic E-state index is 13.3. The van der Waals surface area contributed by atoms with E-state index < -0.39 is 53.8 Å². The van der Waals surface area contributed by atoms with Gasteiger partial charge in [-0.3, -0.25) is 24.2 Å². The van der Waals surface area contributed by atoms with Gasteiger partial charge in [-0.15, -0.1) is 0 Å². The molecule has 0 aromatic carbocycles. The van der Waals surface area contributed by atoms with Crippen LogP contribution in [0.2, 0.25) is 0 Å². The molecular formula is C22H39N7O7. The highest BCUT2D eigenvalue weighted by Gasteiger charge is 2.39. The van der Waals surface area contributed by atoms with E-state index in [0.717, 1.165) is 0 Å². The van der Waals surface area contributed by atoms with Crippen LogP contribution in [-0.4, -0.2) is 88.0 Å². The summed E-state index contributed by atoms with van der Waals surface area (Å²) in [7, 11) is 0. The molecule has 36 heavy (non-hydrogen) atoms. The van der Waals surface area contributed by atoms with Gasteiger partial charge in [-0.1, -0.05) is 20.3 Å². The molecule has 0 saturated carbocycles. The van der Waals surface area contributed by atoms with Crippen LogP contribution < -0.4 is 27.8 Å². The predicted octanol–water partition coefficient (Wildman–Crippen LogP) is -1.68. The second kappa shape index (κ2) is 14.9. The molecule has 3 amide bonds. The molecular weight excluding hydrogens is 474 g/mol. The molecule has 204 valence electrons. The third-order valence-electron chi connectivity index (χ3n) is 6.18. The minimum Gasteiger partial charge on any atom is -0.481 e. The molecule has 1 aliphatic rings. The van der Waals surface area contributed by atoms with Crippen molar-refractivity contribution in [1.82, 2.24) is 15.5 Å². The Morgan fingerprint density at radius 1 is 1.08 bits per heavy atom. The molecule has 10 N–H and O–H groups in total. The lowest BCUT2D eigenvalue weighted by molar-refractivity contribution is -0.150. The predicted molar refractivity (Wildman–Crippen MR) is 130 cm³/mol. The van der Waals surface area contributed by atoms with Gasteiger partial charge in [0.2, 0.25) is 17.7 Å². The third-order valence-corrected chi connectivity index (χ3v) is 6.18. The molecule has 5 unspecified atom stereocenters. The fraction of sp³-hybridized carbons (Fsp3) is 0.727. The lowest BCUT2D eigenvalue weighted by atomic mass is 9.96. The summed E-state index contributed by atoms with van der Waals surface area (Å²) in [6, 6.07) is -4.21. The summed E-state index contributed by atoms with van der Waals surface area (Å²) in [5.41, 5.74) is 16.4. The van der Waals surface area contributed by atoms with Crippen LogP contribution in [0.25, 0.3) is 0 Å². The highest BCUT2D eigenvalue weighted by atomic mass is 16.4. The summed E-state index contributed by atoms with van der Waals surface area (Å²) >= 11 is 0. The van der Waals surface area contributed by atoms with Gasteiger partial charge in [0.25, 0.3) is 0 Å². The van der Waals surface area contributed by atoms with Crippen LogP contribution in [0.15, 0.2) is 4.99 Å². The topological polar surface area (TPSA) is 244 Å². The Morgan fingerprint density at radius 3 is 2.31 bits per heavy atom. The number of aliphatic imine (C=N–C) groups is 1. The molecule has 1 fully saturated rings. The average Bonchev–Trinajstić information content (AvgIpc) is 3.31. The molecule has 1 heterocycles. The SMILES string of the molecule is CCC(C)C(NC(=O)C(CCCN=C(N)N)NC(=O)C(N)CCC(=O)O)C(=O)N1CCCC1C(=O)O. The first-order valence-corrected chi connectivity index (χ1v) is 12.1. The number of carboxylic acid groups (broad SMARTS) is 2. The average molecular weight is 514 g/mol. The lowest BCUT2D eigenvalue weighted by Gasteiger charge is -2.31. The Morgan fingerprint density at radius 2 is 1.75 bits per heavy atom. The van der Waals surface area contributed by atoms with Crippen molar-refractivity contribution in [2.75, 3.05) is 13.1 Å². The van der Waals surface area contributed by atoms with Gasteiger partial charge in [-0.25, -0.2) is 4.79 Å². The lowest BCUT2D eigenvalue weighted by Crippen LogP contribution is -2.58. The Kier molecular flexibility index (Phi) is 12.6.